The summed E-state index contributed by atoms with van der Waals surface area (Å²) in [4.78, 5) is 19.0. The van der Waals surface area contributed by atoms with Crippen LogP contribution in [0.1, 0.15) is 85.6 Å². The molecule has 0 aliphatic carbocycles. The zero-order valence-corrected chi connectivity index (χ0v) is 22.5. The van der Waals surface area contributed by atoms with Gasteiger partial charge in [0, 0.05) is 12.6 Å². The Bertz CT molecular complexity index is 919. The number of hydrogen-bond acceptors (Lipinski definition) is 3. The molecule has 5 heteroatoms. The van der Waals surface area contributed by atoms with E-state index in [-0.39, 0.29) is 5.82 Å². The lowest BCUT2D eigenvalue weighted by Crippen LogP contribution is -2.46. The van der Waals surface area contributed by atoms with E-state index in [1.165, 1.54) is 6.07 Å². The van der Waals surface area contributed by atoms with Crippen LogP contribution in [-0.4, -0.2) is 28.6 Å². The van der Waals surface area contributed by atoms with Crippen molar-refractivity contribution >= 4 is 12.2 Å². The molecule has 0 spiro atoms. The first-order chi connectivity index (χ1) is 15.4. The number of nitrogens with zero attached hydrogens (tertiary/aromatic N) is 2. The molecule has 1 aromatic carbocycles. The summed E-state index contributed by atoms with van der Waals surface area (Å²) in [6.07, 6.45) is 1.95. The van der Waals surface area contributed by atoms with Crippen LogP contribution in [0.25, 0.3) is 17.3 Å². The minimum atomic E-state index is -0.618. The van der Waals surface area contributed by atoms with E-state index < -0.39 is 17.2 Å². The van der Waals surface area contributed by atoms with Crippen molar-refractivity contribution in [2.24, 2.45) is 0 Å². The second-order valence-corrected chi connectivity index (χ2v) is 8.50. The largest absolute Gasteiger partial charge is 0.444 e. The van der Waals surface area contributed by atoms with Crippen LogP contribution in [0, 0.1) is 12.7 Å². The van der Waals surface area contributed by atoms with Crippen LogP contribution >= 0.6 is 0 Å². The van der Waals surface area contributed by atoms with Crippen molar-refractivity contribution in [3.05, 3.63) is 59.5 Å². The van der Waals surface area contributed by atoms with Crippen molar-refractivity contribution in [2.45, 2.75) is 86.8 Å². The molecule has 184 valence electrons. The van der Waals surface area contributed by atoms with Crippen LogP contribution in [0.4, 0.5) is 9.18 Å². The third kappa shape index (κ3) is 7.99. The molecule has 1 atom stereocenters. The van der Waals surface area contributed by atoms with Crippen LogP contribution in [0.15, 0.2) is 36.9 Å². The molecule has 1 heterocycles. The molecule has 0 radical (unpaired) electrons. The zero-order chi connectivity index (χ0) is 26.0. The van der Waals surface area contributed by atoms with Crippen molar-refractivity contribution in [3.63, 3.8) is 0 Å². The third-order valence-corrected chi connectivity index (χ3v) is 5.23. The van der Waals surface area contributed by atoms with Gasteiger partial charge in [-0.25, -0.2) is 14.2 Å². The highest BCUT2D eigenvalue weighted by Gasteiger charge is 2.36. The summed E-state index contributed by atoms with van der Waals surface area (Å²) in [5.41, 5.74) is 2.48. The van der Waals surface area contributed by atoms with Gasteiger partial charge in [0.15, 0.2) is 0 Å². The van der Waals surface area contributed by atoms with E-state index in [1.807, 2.05) is 74.4 Å². The lowest BCUT2D eigenvalue weighted by molar-refractivity contribution is 0.00630. The second kappa shape index (κ2) is 13.1. The fourth-order valence-corrected chi connectivity index (χ4v) is 3.09. The first-order valence-corrected chi connectivity index (χ1v) is 11.8. The lowest BCUT2D eigenvalue weighted by atomic mass is 9.87. The van der Waals surface area contributed by atoms with Gasteiger partial charge < -0.3 is 9.64 Å². The van der Waals surface area contributed by atoms with E-state index >= 15 is 0 Å². The number of hydrogen-bond donors (Lipinski definition) is 0. The minimum Gasteiger partial charge on any atom is -0.444 e. The standard InChI is InChI=1S/C24H31FN2O2.2C2H6/c1-9-19-14-18(15-21(26-19)17-11-12-20(25)16(3)13-17)24(7,10-2)27(8)22(28)29-23(4,5)6;2*1-2/h9,11-15H,1,10H2,2-8H3;2*1-2H3. The zero-order valence-electron chi connectivity index (χ0n) is 22.5. The predicted octanol–water partition coefficient (Wildman–Crippen LogP) is 8.38. The number of ether oxygens (including phenoxy) is 1. The number of aryl methyl sites for hydroxylation is 1. The van der Waals surface area contributed by atoms with Crippen LogP contribution < -0.4 is 0 Å². The Hall–Kier alpha value is -2.69. The van der Waals surface area contributed by atoms with Gasteiger partial charge in [-0.15, -0.1) is 0 Å². The van der Waals surface area contributed by atoms with Crippen molar-refractivity contribution < 1.29 is 13.9 Å². The first-order valence-electron chi connectivity index (χ1n) is 11.8. The number of amides is 1. The summed E-state index contributed by atoms with van der Waals surface area (Å²) in [6.45, 7) is 23.1. The van der Waals surface area contributed by atoms with E-state index in [9.17, 15) is 9.18 Å². The molecule has 1 amide bonds. The van der Waals surface area contributed by atoms with E-state index in [2.05, 4.69) is 11.6 Å². The normalized spacial score (nSPS) is 12.2. The van der Waals surface area contributed by atoms with Gasteiger partial charge >= 0.3 is 6.09 Å². The minimum absolute atomic E-state index is 0.253. The van der Waals surface area contributed by atoms with E-state index in [1.54, 1.807) is 37.1 Å². The summed E-state index contributed by atoms with van der Waals surface area (Å²) in [5, 5.41) is 0. The molecular formula is C28H43FN2O2. The number of aromatic nitrogens is 1. The summed E-state index contributed by atoms with van der Waals surface area (Å²) in [5.74, 6) is -0.253. The maximum absolute atomic E-state index is 13.7. The molecular weight excluding hydrogens is 415 g/mol. The number of pyridine rings is 1. The molecule has 2 rings (SSSR count). The molecule has 0 aliphatic rings. The Morgan fingerprint density at radius 3 is 2.15 bits per heavy atom. The fraction of sp³-hybridized carbons (Fsp3) is 0.500. The number of benzene rings is 1. The molecule has 0 saturated heterocycles. The Labute approximate surface area is 200 Å². The number of rotatable bonds is 5. The summed E-state index contributed by atoms with van der Waals surface area (Å²) >= 11 is 0. The molecule has 2 aromatic rings. The molecule has 0 N–H and O–H groups in total. The highest BCUT2D eigenvalue weighted by Crippen LogP contribution is 2.35. The number of carbonyl (C=O) groups is 1. The average molecular weight is 459 g/mol. The quantitative estimate of drug-likeness (QED) is 0.452. The van der Waals surface area contributed by atoms with Gasteiger partial charge in [0.05, 0.1) is 16.9 Å². The molecule has 1 aromatic heterocycles. The molecule has 0 fully saturated rings. The number of halogens is 1. The highest BCUT2D eigenvalue weighted by atomic mass is 19.1. The van der Waals surface area contributed by atoms with E-state index in [0.717, 1.165) is 11.1 Å². The van der Waals surface area contributed by atoms with Gasteiger partial charge in [-0.05, 0) is 88.6 Å². The van der Waals surface area contributed by atoms with Crippen LogP contribution in [0.5, 0.6) is 0 Å². The summed E-state index contributed by atoms with van der Waals surface area (Å²) in [7, 11) is 1.74. The van der Waals surface area contributed by atoms with Gasteiger partial charge in [0.2, 0.25) is 0 Å². The number of carbonyl (C=O) groups excluding carboxylic acids is 1. The monoisotopic (exact) mass is 458 g/mol. The smallest absolute Gasteiger partial charge is 0.410 e. The molecule has 33 heavy (non-hydrogen) atoms. The Morgan fingerprint density at radius 2 is 1.70 bits per heavy atom. The maximum atomic E-state index is 13.7. The third-order valence-electron chi connectivity index (χ3n) is 5.23. The van der Waals surface area contributed by atoms with Crippen LogP contribution in [0.2, 0.25) is 0 Å². The molecule has 0 aliphatic heterocycles. The van der Waals surface area contributed by atoms with Crippen LogP contribution in [-0.2, 0) is 10.3 Å². The van der Waals surface area contributed by atoms with Crippen molar-refractivity contribution in [1.82, 2.24) is 9.88 Å². The highest BCUT2D eigenvalue weighted by molar-refractivity contribution is 5.70. The summed E-state index contributed by atoms with van der Waals surface area (Å²) in [6, 6.07) is 8.80. The van der Waals surface area contributed by atoms with Crippen molar-refractivity contribution in [1.29, 1.82) is 0 Å². The summed E-state index contributed by atoms with van der Waals surface area (Å²) < 4.78 is 19.3. The van der Waals surface area contributed by atoms with E-state index in [0.29, 0.717) is 23.4 Å². The van der Waals surface area contributed by atoms with Crippen molar-refractivity contribution in [3.8, 4) is 11.3 Å². The van der Waals surface area contributed by atoms with Gasteiger partial charge in [0.1, 0.15) is 11.4 Å². The van der Waals surface area contributed by atoms with Gasteiger partial charge in [-0.2, -0.15) is 0 Å². The Balaban J connectivity index is 0.00000242. The van der Waals surface area contributed by atoms with E-state index in [4.69, 9.17) is 4.74 Å². The van der Waals surface area contributed by atoms with Gasteiger partial charge in [-0.1, -0.05) is 41.2 Å². The molecule has 0 saturated carbocycles. The average Bonchev–Trinajstić information content (AvgIpc) is 2.80. The predicted molar refractivity (Wildman–Crippen MR) is 139 cm³/mol. The lowest BCUT2D eigenvalue weighted by Gasteiger charge is -2.39. The van der Waals surface area contributed by atoms with Gasteiger partial charge in [-0.3, -0.25) is 0 Å². The molecule has 4 nitrogen and oxygen atoms in total. The SMILES string of the molecule is C=Cc1cc(C(C)(CC)N(C)C(=O)OC(C)(C)C)cc(-c2ccc(F)c(C)c2)n1.CC.CC. The molecule has 1 unspecified atom stereocenters. The molecule has 0 bridgehead atoms. The Morgan fingerprint density at radius 1 is 1.12 bits per heavy atom. The van der Waals surface area contributed by atoms with Crippen molar-refractivity contribution in [2.75, 3.05) is 7.05 Å². The van der Waals surface area contributed by atoms with Crippen LogP contribution in [0.3, 0.4) is 0 Å². The first kappa shape index (κ1) is 30.3. The second-order valence-electron chi connectivity index (χ2n) is 8.50. The fourth-order valence-electron chi connectivity index (χ4n) is 3.09. The Kier molecular flexibility index (Phi) is 12.1. The maximum Gasteiger partial charge on any atom is 0.410 e. The topological polar surface area (TPSA) is 42.4 Å². The van der Waals surface area contributed by atoms with Gasteiger partial charge in [0.25, 0.3) is 0 Å².